The molecule has 0 saturated heterocycles. The fraction of sp³-hybridized carbons (Fsp3) is 0.286. The Bertz CT molecular complexity index is 765. The molecule has 0 fully saturated rings. The van der Waals surface area contributed by atoms with Crippen LogP contribution in [0.1, 0.15) is 0 Å². The van der Waals surface area contributed by atoms with Crippen molar-refractivity contribution in [2.45, 2.75) is 6.54 Å². The van der Waals surface area contributed by atoms with Gasteiger partial charge in [-0.25, -0.2) is 4.79 Å². The van der Waals surface area contributed by atoms with E-state index in [0.29, 0.717) is 17.1 Å². The summed E-state index contributed by atoms with van der Waals surface area (Å²) in [5.41, 5.74) is -0.776. The van der Waals surface area contributed by atoms with Gasteiger partial charge in [-0.15, -0.1) is 0 Å². The summed E-state index contributed by atoms with van der Waals surface area (Å²) in [4.78, 5) is 27.9. The van der Waals surface area contributed by atoms with Crippen LogP contribution in [-0.4, -0.2) is 40.2 Å². The first-order valence-electron chi connectivity index (χ1n) is 6.37. The van der Waals surface area contributed by atoms with Crippen molar-refractivity contribution < 1.29 is 5.11 Å². The van der Waals surface area contributed by atoms with E-state index in [2.05, 4.69) is 4.98 Å². The van der Waals surface area contributed by atoms with E-state index < -0.39 is 11.2 Å². The predicted octanol–water partition coefficient (Wildman–Crippen LogP) is 1.12. The highest BCUT2D eigenvalue weighted by Crippen LogP contribution is 2.26. The minimum atomic E-state index is -0.638. The fourth-order valence-corrected chi connectivity index (χ4v) is 2.16. The molecule has 21 heavy (non-hydrogen) atoms. The first-order chi connectivity index (χ1) is 9.90. The molecular weight excluding hydrogens is 294 g/mol. The number of hydrogen-bond acceptors (Lipinski definition) is 4. The van der Waals surface area contributed by atoms with Gasteiger partial charge in [-0.05, 0) is 31.8 Å². The highest BCUT2D eigenvalue weighted by Gasteiger charge is 2.16. The lowest BCUT2D eigenvalue weighted by molar-refractivity contribution is 0.347. The molecule has 0 unspecified atom stereocenters. The summed E-state index contributed by atoms with van der Waals surface area (Å²) in [7, 11) is 3.71. The fourth-order valence-electron chi connectivity index (χ4n) is 1.97. The van der Waals surface area contributed by atoms with Crippen molar-refractivity contribution in [1.29, 1.82) is 0 Å². The first-order valence-corrected chi connectivity index (χ1v) is 6.74. The van der Waals surface area contributed by atoms with E-state index >= 15 is 0 Å². The van der Waals surface area contributed by atoms with Gasteiger partial charge in [0.05, 0.1) is 0 Å². The zero-order chi connectivity index (χ0) is 15.6. The van der Waals surface area contributed by atoms with Crippen molar-refractivity contribution in [3.63, 3.8) is 0 Å². The number of nitrogens with one attached hydrogen (secondary N) is 1. The van der Waals surface area contributed by atoms with Crippen LogP contribution < -0.4 is 11.2 Å². The van der Waals surface area contributed by atoms with Gasteiger partial charge < -0.3 is 10.0 Å². The van der Waals surface area contributed by atoms with Crippen molar-refractivity contribution in [3.05, 3.63) is 50.1 Å². The van der Waals surface area contributed by atoms with Gasteiger partial charge in [-0.3, -0.25) is 14.3 Å². The summed E-state index contributed by atoms with van der Waals surface area (Å²) in [5, 5.41) is 10.7. The van der Waals surface area contributed by atoms with Crippen molar-refractivity contribution in [3.8, 4) is 17.0 Å². The zero-order valence-corrected chi connectivity index (χ0v) is 12.5. The summed E-state index contributed by atoms with van der Waals surface area (Å²) in [6, 6.07) is 6.55. The Morgan fingerprint density at radius 3 is 2.67 bits per heavy atom. The molecule has 1 aromatic heterocycles. The lowest BCUT2D eigenvalue weighted by Gasteiger charge is -2.14. The number of rotatable bonds is 4. The van der Waals surface area contributed by atoms with Gasteiger partial charge in [0.2, 0.25) is 5.88 Å². The molecule has 2 aromatic rings. The molecule has 0 saturated carbocycles. The van der Waals surface area contributed by atoms with Crippen LogP contribution >= 0.6 is 11.6 Å². The Morgan fingerprint density at radius 1 is 1.33 bits per heavy atom. The number of nitrogens with zero attached hydrogens (tertiary/aromatic N) is 2. The van der Waals surface area contributed by atoms with Gasteiger partial charge in [-0.2, -0.15) is 0 Å². The molecule has 0 aliphatic heterocycles. The third-order valence-corrected chi connectivity index (χ3v) is 3.29. The number of halogens is 1. The average molecular weight is 310 g/mol. The van der Waals surface area contributed by atoms with Crippen molar-refractivity contribution in [2.75, 3.05) is 20.6 Å². The third kappa shape index (κ3) is 3.34. The second-order valence-corrected chi connectivity index (χ2v) is 5.36. The minimum absolute atomic E-state index is 0.0378. The van der Waals surface area contributed by atoms with Crippen LogP contribution in [-0.2, 0) is 6.54 Å². The number of likely N-dealkylation sites (N-methyl/N-ethyl adjacent to an activating group) is 1. The molecule has 2 N–H and O–H groups in total. The minimum Gasteiger partial charge on any atom is -0.494 e. The van der Waals surface area contributed by atoms with Crippen molar-refractivity contribution in [1.82, 2.24) is 14.5 Å². The maximum atomic E-state index is 12.0. The molecule has 1 heterocycles. The quantitative estimate of drug-likeness (QED) is 0.887. The van der Waals surface area contributed by atoms with Crippen LogP contribution in [0.2, 0.25) is 5.02 Å². The molecule has 1 aromatic carbocycles. The number of aromatic hydroxyl groups is 1. The van der Waals surface area contributed by atoms with Gasteiger partial charge in [0.1, 0.15) is 5.56 Å². The molecule has 0 aliphatic rings. The highest BCUT2D eigenvalue weighted by atomic mass is 35.5. The van der Waals surface area contributed by atoms with Crippen molar-refractivity contribution in [2.24, 2.45) is 0 Å². The largest absolute Gasteiger partial charge is 0.494 e. The van der Waals surface area contributed by atoms with Crippen LogP contribution in [0.4, 0.5) is 0 Å². The Kier molecular flexibility index (Phi) is 4.50. The Labute approximate surface area is 126 Å². The molecule has 0 radical (unpaired) electrons. The van der Waals surface area contributed by atoms with E-state index in [-0.39, 0.29) is 18.0 Å². The second-order valence-electron chi connectivity index (χ2n) is 4.92. The molecular formula is C14H16ClN3O3. The maximum absolute atomic E-state index is 12.0. The van der Waals surface area contributed by atoms with Crippen LogP contribution in [0.3, 0.4) is 0 Å². The first kappa shape index (κ1) is 15.3. The average Bonchev–Trinajstić information content (AvgIpc) is 2.37. The number of aromatic amines is 1. The summed E-state index contributed by atoms with van der Waals surface area (Å²) < 4.78 is 1.14. The van der Waals surface area contributed by atoms with E-state index in [9.17, 15) is 14.7 Å². The number of hydrogen-bond donors (Lipinski definition) is 2. The summed E-state index contributed by atoms with van der Waals surface area (Å²) in [5.74, 6) is -0.354. The predicted molar refractivity (Wildman–Crippen MR) is 82.0 cm³/mol. The SMILES string of the molecule is CN(C)CCn1c(O)c(-c2cccc(Cl)c2)c(=O)[nH]c1=O. The zero-order valence-electron chi connectivity index (χ0n) is 11.8. The van der Waals surface area contributed by atoms with Crippen molar-refractivity contribution >= 4 is 11.6 Å². The molecule has 0 amide bonds. The topological polar surface area (TPSA) is 78.3 Å². The normalized spacial score (nSPS) is 11.0. The van der Waals surface area contributed by atoms with Crippen LogP contribution in [0.15, 0.2) is 33.9 Å². The van der Waals surface area contributed by atoms with E-state index in [1.165, 1.54) is 0 Å². The van der Waals surface area contributed by atoms with E-state index in [1.807, 2.05) is 19.0 Å². The standard InChI is InChI=1S/C14H16ClN3O3/c1-17(2)6-7-18-13(20)11(12(19)16-14(18)21)9-4-3-5-10(15)8-9/h3-5,8,20H,6-7H2,1-2H3,(H,16,19,21). The Balaban J connectivity index is 2.59. The Morgan fingerprint density at radius 2 is 2.05 bits per heavy atom. The third-order valence-electron chi connectivity index (χ3n) is 3.06. The molecule has 0 aliphatic carbocycles. The molecule has 7 heteroatoms. The van der Waals surface area contributed by atoms with Crippen LogP contribution in [0.5, 0.6) is 5.88 Å². The van der Waals surface area contributed by atoms with E-state index in [4.69, 9.17) is 11.6 Å². The van der Waals surface area contributed by atoms with Gasteiger partial charge >= 0.3 is 5.69 Å². The maximum Gasteiger partial charge on any atom is 0.331 e. The molecule has 6 nitrogen and oxygen atoms in total. The highest BCUT2D eigenvalue weighted by molar-refractivity contribution is 6.30. The van der Waals surface area contributed by atoms with Crippen LogP contribution in [0, 0.1) is 0 Å². The van der Waals surface area contributed by atoms with Gasteiger partial charge in [0, 0.05) is 18.1 Å². The monoisotopic (exact) mass is 309 g/mol. The summed E-state index contributed by atoms with van der Waals surface area (Å²) in [6.45, 7) is 0.816. The summed E-state index contributed by atoms with van der Waals surface area (Å²) in [6.07, 6.45) is 0. The summed E-state index contributed by atoms with van der Waals surface area (Å²) >= 11 is 5.90. The molecule has 0 atom stereocenters. The molecule has 0 bridgehead atoms. The Hall–Kier alpha value is -2.05. The molecule has 0 spiro atoms. The van der Waals surface area contributed by atoms with E-state index in [1.54, 1.807) is 24.3 Å². The van der Waals surface area contributed by atoms with Gasteiger partial charge in [-0.1, -0.05) is 23.7 Å². The van der Waals surface area contributed by atoms with E-state index in [0.717, 1.165) is 4.57 Å². The second kappa shape index (κ2) is 6.15. The number of H-pyrrole nitrogens is 1. The van der Waals surface area contributed by atoms with Gasteiger partial charge in [0.15, 0.2) is 0 Å². The smallest absolute Gasteiger partial charge is 0.331 e. The molecule has 112 valence electrons. The van der Waals surface area contributed by atoms with Crippen LogP contribution in [0.25, 0.3) is 11.1 Å². The lowest BCUT2D eigenvalue weighted by atomic mass is 10.1. The molecule has 2 rings (SSSR count). The number of aromatic nitrogens is 2. The number of benzene rings is 1. The lowest BCUT2D eigenvalue weighted by Crippen LogP contribution is -2.33. The van der Waals surface area contributed by atoms with Gasteiger partial charge in [0.25, 0.3) is 5.56 Å².